The summed E-state index contributed by atoms with van der Waals surface area (Å²) in [5, 5.41) is 0. The van der Waals surface area contributed by atoms with Crippen LogP contribution < -0.4 is 4.72 Å². The van der Waals surface area contributed by atoms with Gasteiger partial charge in [0.2, 0.25) is 5.91 Å². The molecule has 0 aliphatic carbocycles. The van der Waals surface area contributed by atoms with Gasteiger partial charge in [-0.05, 0) is 6.92 Å². The van der Waals surface area contributed by atoms with Crippen molar-refractivity contribution in [2.75, 3.05) is 27.2 Å². The van der Waals surface area contributed by atoms with Crippen LogP contribution in [-0.4, -0.2) is 56.8 Å². The van der Waals surface area contributed by atoms with E-state index in [1.165, 1.54) is 16.1 Å². The van der Waals surface area contributed by atoms with Gasteiger partial charge < -0.3 is 4.90 Å². The van der Waals surface area contributed by atoms with E-state index in [0.717, 1.165) is 0 Å². The highest BCUT2D eigenvalue weighted by Gasteiger charge is 2.25. The first-order valence-corrected chi connectivity index (χ1v) is 6.68. The molecule has 0 saturated heterocycles. The van der Waals surface area contributed by atoms with Crippen molar-refractivity contribution in [1.29, 1.82) is 0 Å². The van der Waals surface area contributed by atoms with Crippen LogP contribution in [0.5, 0.6) is 0 Å². The molecule has 0 aliphatic heterocycles. The molecule has 6 nitrogen and oxygen atoms in total. The van der Waals surface area contributed by atoms with Gasteiger partial charge in [0.1, 0.15) is 0 Å². The van der Waals surface area contributed by atoms with E-state index >= 15 is 0 Å². The molecule has 96 valence electrons. The van der Waals surface area contributed by atoms with Crippen LogP contribution >= 0.6 is 0 Å². The number of nitrogens with one attached hydrogen (secondary N) is 1. The van der Waals surface area contributed by atoms with Gasteiger partial charge >= 0.3 is 0 Å². The van der Waals surface area contributed by atoms with Gasteiger partial charge in [-0.15, -0.1) is 0 Å². The summed E-state index contributed by atoms with van der Waals surface area (Å²) in [5.74, 6) is -0.268. The van der Waals surface area contributed by atoms with Gasteiger partial charge in [-0.2, -0.15) is 17.4 Å². The van der Waals surface area contributed by atoms with E-state index < -0.39 is 16.3 Å². The van der Waals surface area contributed by atoms with Crippen LogP contribution in [0.15, 0.2) is 0 Å². The molecule has 0 saturated carbocycles. The Morgan fingerprint density at radius 1 is 1.25 bits per heavy atom. The molecule has 1 amide bonds. The average Bonchev–Trinajstić information content (AvgIpc) is 2.16. The molecule has 0 aromatic rings. The average molecular weight is 251 g/mol. The second-order valence-corrected chi connectivity index (χ2v) is 5.36. The molecular formula is C9H21N3O3S. The van der Waals surface area contributed by atoms with Crippen LogP contribution in [0, 0.1) is 0 Å². The molecule has 16 heavy (non-hydrogen) atoms. The van der Waals surface area contributed by atoms with Crippen molar-refractivity contribution >= 4 is 16.1 Å². The van der Waals surface area contributed by atoms with Crippen LogP contribution in [0.25, 0.3) is 0 Å². The third-order valence-corrected chi connectivity index (χ3v) is 4.03. The maximum atomic E-state index is 11.8. The minimum absolute atomic E-state index is 0.268. The van der Waals surface area contributed by atoms with Gasteiger partial charge in [-0.25, -0.2) is 0 Å². The number of likely N-dealkylation sites (N-methyl/N-ethyl adjacent to an activating group) is 1. The fourth-order valence-corrected chi connectivity index (χ4v) is 2.68. The number of rotatable bonds is 6. The Hall–Kier alpha value is -0.660. The summed E-state index contributed by atoms with van der Waals surface area (Å²) in [6, 6.07) is -0.749. The van der Waals surface area contributed by atoms with Crippen molar-refractivity contribution in [3.05, 3.63) is 0 Å². The second kappa shape index (κ2) is 6.17. The summed E-state index contributed by atoms with van der Waals surface area (Å²) < 4.78 is 27.2. The van der Waals surface area contributed by atoms with Crippen molar-refractivity contribution in [2.45, 2.75) is 26.8 Å². The third-order valence-electron chi connectivity index (χ3n) is 2.18. The van der Waals surface area contributed by atoms with Gasteiger partial charge in [-0.3, -0.25) is 4.79 Å². The quantitative estimate of drug-likeness (QED) is 0.701. The monoisotopic (exact) mass is 251 g/mol. The van der Waals surface area contributed by atoms with Crippen molar-refractivity contribution in [2.24, 2.45) is 0 Å². The first-order valence-electron chi connectivity index (χ1n) is 5.24. The lowest BCUT2D eigenvalue weighted by atomic mass is 10.3. The molecule has 0 heterocycles. The van der Waals surface area contributed by atoms with Crippen molar-refractivity contribution in [3.63, 3.8) is 0 Å². The number of nitrogens with zero attached hydrogens (tertiary/aromatic N) is 2. The maximum absolute atomic E-state index is 11.8. The molecule has 0 aliphatic rings. The Labute approximate surface area is 97.8 Å². The van der Waals surface area contributed by atoms with Gasteiger partial charge in [0.05, 0.1) is 6.04 Å². The Balaban J connectivity index is 4.66. The van der Waals surface area contributed by atoms with E-state index in [-0.39, 0.29) is 5.91 Å². The van der Waals surface area contributed by atoms with Crippen LogP contribution in [0.1, 0.15) is 20.8 Å². The standard InChI is InChI=1S/C9H21N3O3S/c1-6-12(7-2)16(14,15)10-8(3)9(13)11(4)5/h8,10H,6-7H2,1-5H3/t8-/m0/s1. The summed E-state index contributed by atoms with van der Waals surface area (Å²) in [4.78, 5) is 12.9. The SMILES string of the molecule is CCN(CC)S(=O)(=O)N[C@@H](C)C(=O)N(C)C. The summed E-state index contributed by atoms with van der Waals surface area (Å²) in [6.45, 7) is 5.80. The van der Waals surface area contributed by atoms with Crippen LogP contribution in [0.2, 0.25) is 0 Å². The van der Waals surface area contributed by atoms with Gasteiger partial charge in [0.25, 0.3) is 10.2 Å². The molecule has 0 fully saturated rings. The lowest BCUT2D eigenvalue weighted by Crippen LogP contribution is -2.49. The number of hydrogen-bond acceptors (Lipinski definition) is 3. The molecule has 1 N–H and O–H groups in total. The minimum atomic E-state index is -3.56. The summed E-state index contributed by atoms with van der Waals surface area (Å²) in [7, 11) is -0.389. The summed E-state index contributed by atoms with van der Waals surface area (Å²) in [6.07, 6.45) is 0. The van der Waals surface area contributed by atoms with Gasteiger partial charge in [-0.1, -0.05) is 13.8 Å². The molecular weight excluding hydrogens is 230 g/mol. The van der Waals surface area contributed by atoms with E-state index in [2.05, 4.69) is 4.72 Å². The fraction of sp³-hybridized carbons (Fsp3) is 0.889. The number of carbonyl (C=O) groups is 1. The lowest BCUT2D eigenvalue weighted by Gasteiger charge is -2.23. The van der Waals surface area contributed by atoms with E-state index in [4.69, 9.17) is 0 Å². The van der Waals surface area contributed by atoms with E-state index in [0.29, 0.717) is 13.1 Å². The van der Waals surface area contributed by atoms with Crippen LogP contribution in [0.4, 0.5) is 0 Å². The molecule has 0 rings (SSSR count). The Morgan fingerprint density at radius 3 is 2.00 bits per heavy atom. The van der Waals surface area contributed by atoms with Gasteiger partial charge in [0.15, 0.2) is 0 Å². The van der Waals surface area contributed by atoms with Crippen molar-refractivity contribution in [1.82, 2.24) is 13.9 Å². The number of amides is 1. The van der Waals surface area contributed by atoms with Gasteiger partial charge in [0, 0.05) is 27.2 Å². The molecule has 1 atom stereocenters. The van der Waals surface area contributed by atoms with Crippen LogP contribution in [-0.2, 0) is 15.0 Å². The fourth-order valence-electron chi connectivity index (χ4n) is 1.30. The predicted molar refractivity (Wildman–Crippen MR) is 63.1 cm³/mol. The van der Waals surface area contributed by atoms with Crippen molar-refractivity contribution in [3.8, 4) is 0 Å². The Kier molecular flexibility index (Phi) is 5.91. The Morgan fingerprint density at radius 2 is 1.69 bits per heavy atom. The summed E-state index contributed by atoms with van der Waals surface area (Å²) >= 11 is 0. The number of hydrogen-bond donors (Lipinski definition) is 1. The first kappa shape index (κ1) is 15.3. The Bertz CT molecular complexity index is 323. The first-order chi connectivity index (χ1) is 7.26. The molecule has 0 aromatic heterocycles. The summed E-state index contributed by atoms with van der Waals surface area (Å²) in [5.41, 5.74) is 0. The van der Waals surface area contributed by atoms with Crippen LogP contribution in [0.3, 0.4) is 0 Å². The zero-order valence-corrected chi connectivity index (χ0v) is 11.3. The highest BCUT2D eigenvalue weighted by Crippen LogP contribution is 1.99. The zero-order valence-electron chi connectivity index (χ0n) is 10.5. The third kappa shape index (κ3) is 4.07. The van der Waals surface area contributed by atoms with E-state index in [1.807, 2.05) is 0 Å². The topological polar surface area (TPSA) is 69.7 Å². The molecule has 0 unspecified atom stereocenters. The number of carbonyl (C=O) groups excluding carboxylic acids is 1. The van der Waals surface area contributed by atoms with E-state index in [9.17, 15) is 13.2 Å². The molecule has 0 spiro atoms. The largest absolute Gasteiger partial charge is 0.347 e. The zero-order chi connectivity index (χ0) is 12.9. The van der Waals surface area contributed by atoms with Crippen molar-refractivity contribution < 1.29 is 13.2 Å². The predicted octanol–water partition coefficient (Wildman–Crippen LogP) is -0.361. The normalized spacial score (nSPS) is 13.9. The molecule has 0 radical (unpaired) electrons. The highest BCUT2D eigenvalue weighted by atomic mass is 32.2. The highest BCUT2D eigenvalue weighted by molar-refractivity contribution is 7.87. The lowest BCUT2D eigenvalue weighted by molar-refractivity contribution is -0.130. The molecule has 7 heteroatoms. The smallest absolute Gasteiger partial charge is 0.280 e. The minimum Gasteiger partial charge on any atom is -0.347 e. The molecule has 0 bridgehead atoms. The second-order valence-electron chi connectivity index (χ2n) is 3.66. The van der Waals surface area contributed by atoms with E-state index in [1.54, 1.807) is 27.9 Å². The molecule has 0 aromatic carbocycles. The maximum Gasteiger partial charge on any atom is 0.280 e.